The van der Waals surface area contributed by atoms with Crippen LogP contribution >= 0.6 is 15.9 Å². The summed E-state index contributed by atoms with van der Waals surface area (Å²) in [5, 5.41) is 0. The highest BCUT2D eigenvalue weighted by Crippen LogP contribution is 2.30. The molecular weight excluding hydrogens is 238 g/mol. The fourth-order valence-corrected chi connectivity index (χ4v) is 2.22. The van der Waals surface area contributed by atoms with E-state index in [0.717, 1.165) is 17.4 Å². The van der Waals surface area contributed by atoms with Crippen LogP contribution in [0.2, 0.25) is 0 Å². The molecule has 0 aromatic heterocycles. The van der Waals surface area contributed by atoms with E-state index in [1.807, 2.05) is 0 Å². The maximum atomic E-state index is 5.67. The van der Waals surface area contributed by atoms with Gasteiger partial charge < -0.3 is 5.73 Å². The van der Waals surface area contributed by atoms with Gasteiger partial charge in [-0.25, -0.2) is 0 Å². The molecule has 0 aliphatic heterocycles. The van der Waals surface area contributed by atoms with Crippen molar-refractivity contribution in [2.45, 2.75) is 13.3 Å². The van der Waals surface area contributed by atoms with Crippen LogP contribution in [0.4, 0.5) is 0 Å². The predicted octanol–water partition coefficient (Wildman–Crippen LogP) is 2.98. The first kappa shape index (κ1) is 9.94. The van der Waals surface area contributed by atoms with E-state index < -0.39 is 0 Å². The van der Waals surface area contributed by atoms with E-state index in [1.165, 1.54) is 16.7 Å². The first-order valence-electron chi connectivity index (χ1n) is 4.89. The highest BCUT2D eigenvalue weighted by molar-refractivity contribution is 9.10. The summed E-state index contributed by atoms with van der Waals surface area (Å²) in [5.41, 5.74) is 9.89. The predicted molar refractivity (Wildman–Crippen MR) is 64.0 cm³/mol. The molecule has 0 fully saturated rings. The Bertz CT molecular complexity index is 382. The van der Waals surface area contributed by atoms with Crippen molar-refractivity contribution in [3.05, 3.63) is 39.4 Å². The van der Waals surface area contributed by atoms with Crippen LogP contribution in [0.5, 0.6) is 0 Å². The first-order chi connectivity index (χ1) is 6.70. The van der Waals surface area contributed by atoms with Gasteiger partial charge in [0, 0.05) is 4.47 Å². The Hall–Kier alpha value is -0.600. The van der Waals surface area contributed by atoms with Gasteiger partial charge in [0.05, 0.1) is 0 Å². The van der Waals surface area contributed by atoms with Crippen molar-refractivity contribution in [1.29, 1.82) is 0 Å². The van der Waals surface area contributed by atoms with E-state index in [0.29, 0.717) is 5.92 Å². The average Bonchev–Trinajstić information content (AvgIpc) is 2.59. The van der Waals surface area contributed by atoms with Crippen molar-refractivity contribution >= 4 is 22.0 Å². The van der Waals surface area contributed by atoms with Crippen molar-refractivity contribution in [2.75, 3.05) is 6.54 Å². The van der Waals surface area contributed by atoms with E-state index in [9.17, 15) is 0 Å². The molecule has 2 rings (SSSR count). The molecule has 0 radical (unpaired) electrons. The van der Waals surface area contributed by atoms with E-state index >= 15 is 0 Å². The van der Waals surface area contributed by atoms with Gasteiger partial charge in [0.1, 0.15) is 0 Å². The van der Waals surface area contributed by atoms with Gasteiger partial charge in [0.25, 0.3) is 0 Å². The average molecular weight is 252 g/mol. The van der Waals surface area contributed by atoms with Gasteiger partial charge in [0.2, 0.25) is 0 Å². The summed E-state index contributed by atoms with van der Waals surface area (Å²) in [5.74, 6) is 0.501. The lowest BCUT2D eigenvalue weighted by Crippen LogP contribution is -2.12. The summed E-state index contributed by atoms with van der Waals surface area (Å²) < 4.78 is 1.16. The third kappa shape index (κ3) is 1.77. The van der Waals surface area contributed by atoms with E-state index in [1.54, 1.807) is 0 Å². The van der Waals surface area contributed by atoms with Crippen LogP contribution in [-0.4, -0.2) is 6.54 Å². The molecule has 2 N–H and O–H groups in total. The van der Waals surface area contributed by atoms with E-state index in [-0.39, 0.29) is 0 Å². The zero-order valence-electron chi connectivity index (χ0n) is 8.26. The molecule has 0 saturated carbocycles. The minimum atomic E-state index is 0.501. The minimum absolute atomic E-state index is 0.501. The Morgan fingerprint density at radius 1 is 1.50 bits per heavy atom. The Labute approximate surface area is 93.1 Å². The Kier molecular flexibility index (Phi) is 2.75. The largest absolute Gasteiger partial charge is 0.330 e. The molecule has 74 valence electrons. The fraction of sp³-hybridized carbons (Fsp3) is 0.333. The highest BCUT2D eigenvalue weighted by Gasteiger charge is 2.16. The van der Waals surface area contributed by atoms with Gasteiger partial charge in [-0.15, -0.1) is 0 Å². The van der Waals surface area contributed by atoms with Gasteiger partial charge in [-0.1, -0.05) is 40.6 Å². The molecule has 0 heterocycles. The molecule has 1 aliphatic rings. The summed E-state index contributed by atoms with van der Waals surface area (Å²) in [6.07, 6.45) is 3.34. The molecule has 0 bridgehead atoms. The number of nitrogens with two attached hydrogens (primary N) is 1. The summed E-state index contributed by atoms with van der Waals surface area (Å²) in [6, 6.07) is 6.45. The maximum absolute atomic E-state index is 5.67. The smallest absolute Gasteiger partial charge is 0.0178 e. The van der Waals surface area contributed by atoms with Crippen molar-refractivity contribution in [1.82, 2.24) is 0 Å². The monoisotopic (exact) mass is 251 g/mol. The molecule has 1 unspecified atom stereocenters. The topological polar surface area (TPSA) is 26.0 Å². The van der Waals surface area contributed by atoms with Gasteiger partial charge >= 0.3 is 0 Å². The van der Waals surface area contributed by atoms with E-state index in [2.05, 4.69) is 47.1 Å². The molecule has 1 aliphatic carbocycles. The lowest BCUT2D eigenvalue weighted by atomic mass is 10.00. The van der Waals surface area contributed by atoms with Gasteiger partial charge in [0.15, 0.2) is 0 Å². The summed E-state index contributed by atoms with van der Waals surface area (Å²) >= 11 is 3.49. The molecule has 2 heteroatoms. The van der Waals surface area contributed by atoms with Crippen LogP contribution in [0.3, 0.4) is 0 Å². The second-order valence-electron chi connectivity index (χ2n) is 3.88. The summed E-state index contributed by atoms with van der Waals surface area (Å²) in [7, 11) is 0. The van der Waals surface area contributed by atoms with Crippen molar-refractivity contribution in [2.24, 2.45) is 11.7 Å². The Balaban J connectivity index is 2.28. The molecular formula is C12H14BrN. The third-order valence-electron chi connectivity index (χ3n) is 2.83. The van der Waals surface area contributed by atoms with Crippen LogP contribution in [0.15, 0.2) is 28.2 Å². The second-order valence-corrected chi connectivity index (χ2v) is 4.79. The summed E-state index contributed by atoms with van der Waals surface area (Å²) in [4.78, 5) is 0. The van der Waals surface area contributed by atoms with Crippen LogP contribution < -0.4 is 5.73 Å². The van der Waals surface area contributed by atoms with Crippen LogP contribution in [-0.2, 0) is 6.42 Å². The van der Waals surface area contributed by atoms with Crippen LogP contribution in [0.1, 0.15) is 18.1 Å². The lowest BCUT2D eigenvalue weighted by molar-refractivity contribution is 0.684. The molecule has 0 spiro atoms. The zero-order chi connectivity index (χ0) is 10.1. The number of halogens is 1. The van der Waals surface area contributed by atoms with Crippen molar-refractivity contribution in [3.63, 3.8) is 0 Å². The molecule has 1 aromatic rings. The molecule has 1 nitrogen and oxygen atoms in total. The molecule has 1 atom stereocenters. The standard InChI is InChI=1S/C12H14BrN/c1-8(7-14)10-4-9-2-3-12(13)6-11(9)5-10/h2-4,6,8H,5,7,14H2,1H3. The number of hydrogen-bond donors (Lipinski definition) is 1. The molecule has 1 aromatic carbocycles. The normalized spacial score (nSPS) is 16.4. The lowest BCUT2D eigenvalue weighted by Gasteiger charge is -2.08. The first-order valence-corrected chi connectivity index (χ1v) is 5.69. The number of hydrogen-bond acceptors (Lipinski definition) is 1. The highest BCUT2D eigenvalue weighted by atomic mass is 79.9. The number of rotatable bonds is 2. The van der Waals surface area contributed by atoms with Gasteiger partial charge in [-0.2, -0.15) is 0 Å². The number of benzene rings is 1. The summed E-state index contributed by atoms with van der Waals surface area (Å²) in [6.45, 7) is 2.92. The molecule has 0 amide bonds. The number of fused-ring (bicyclic) bond motifs is 1. The maximum Gasteiger partial charge on any atom is 0.0178 e. The second kappa shape index (κ2) is 3.87. The van der Waals surface area contributed by atoms with E-state index in [4.69, 9.17) is 5.73 Å². The Morgan fingerprint density at radius 3 is 3.00 bits per heavy atom. The zero-order valence-corrected chi connectivity index (χ0v) is 9.84. The SMILES string of the molecule is CC(CN)C1=Cc2ccc(Br)cc2C1. The fourth-order valence-electron chi connectivity index (χ4n) is 1.81. The molecule has 14 heavy (non-hydrogen) atoms. The van der Waals surface area contributed by atoms with Crippen LogP contribution in [0.25, 0.3) is 6.08 Å². The van der Waals surface area contributed by atoms with Crippen molar-refractivity contribution in [3.8, 4) is 0 Å². The van der Waals surface area contributed by atoms with Crippen molar-refractivity contribution < 1.29 is 0 Å². The van der Waals surface area contributed by atoms with Gasteiger partial charge in [-0.3, -0.25) is 0 Å². The van der Waals surface area contributed by atoms with Crippen LogP contribution in [0, 0.1) is 5.92 Å². The third-order valence-corrected chi connectivity index (χ3v) is 3.32. The Morgan fingerprint density at radius 2 is 2.29 bits per heavy atom. The molecule has 0 saturated heterocycles. The quantitative estimate of drug-likeness (QED) is 0.860. The van der Waals surface area contributed by atoms with Gasteiger partial charge in [-0.05, 0) is 42.1 Å². The minimum Gasteiger partial charge on any atom is -0.330 e.